The third-order valence-electron chi connectivity index (χ3n) is 2.73. The van der Waals surface area contributed by atoms with Crippen LogP contribution in [-0.4, -0.2) is 73.3 Å². The van der Waals surface area contributed by atoms with Crippen molar-refractivity contribution >= 4 is 51.4 Å². The van der Waals surface area contributed by atoms with Crippen molar-refractivity contribution in [3.8, 4) is 0 Å². The summed E-state index contributed by atoms with van der Waals surface area (Å²) in [5.74, 6) is 0. The van der Waals surface area contributed by atoms with Gasteiger partial charge in [-0.05, 0) is 32.1 Å². The molecule has 0 aliphatic heterocycles. The summed E-state index contributed by atoms with van der Waals surface area (Å²) in [5, 5.41) is 19.2. The van der Waals surface area contributed by atoms with Crippen LogP contribution in [0.15, 0.2) is 0 Å². The Morgan fingerprint density at radius 2 is 1.62 bits per heavy atom. The Kier molecular flexibility index (Phi) is 11.5. The molecular weight excluding hydrogens is 191 g/mol. The Balaban J connectivity index is 0. The Labute approximate surface area is 125 Å². The van der Waals surface area contributed by atoms with Crippen LogP contribution in [0.5, 0.6) is 0 Å². The van der Waals surface area contributed by atoms with E-state index in [2.05, 4.69) is 0 Å². The van der Waals surface area contributed by atoms with Gasteiger partial charge < -0.3 is 10.2 Å². The molecule has 0 saturated heterocycles. The first-order chi connectivity index (χ1) is 5.58. The maximum absolute atomic E-state index is 9.86. The Hall–Kier alpha value is 1.56. The standard InChI is InChI=1S/C10H22O2.K.H/c1-4-9(11)7-8-10(12,5-2)6-3;;/h9,11-12H,4-8H2,1-3H3;;. The second-order valence-electron chi connectivity index (χ2n) is 3.53. The van der Waals surface area contributed by atoms with Crippen molar-refractivity contribution in [2.75, 3.05) is 0 Å². The summed E-state index contributed by atoms with van der Waals surface area (Å²) in [6.07, 6.45) is 3.53. The van der Waals surface area contributed by atoms with E-state index in [1.54, 1.807) is 0 Å². The van der Waals surface area contributed by atoms with Crippen LogP contribution < -0.4 is 0 Å². The van der Waals surface area contributed by atoms with Crippen molar-refractivity contribution in [1.29, 1.82) is 0 Å². The molecule has 2 nitrogen and oxygen atoms in total. The van der Waals surface area contributed by atoms with Gasteiger partial charge in [-0.1, -0.05) is 20.8 Å². The second-order valence-corrected chi connectivity index (χ2v) is 3.53. The van der Waals surface area contributed by atoms with E-state index in [0.29, 0.717) is 6.42 Å². The first-order valence-corrected chi connectivity index (χ1v) is 4.98. The molecule has 0 amide bonds. The van der Waals surface area contributed by atoms with Gasteiger partial charge in [-0.2, -0.15) is 0 Å². The summed E-state index contributed by atoms with van der Waals surface area (Å²) in [6.45, 7) is 5.94. The van der Waals surface area contributed by atoms with Crippen molar-refractivity contribution in [2.45, 2.75) is 64.6 Å². The van der Waals surface area contributed by atoms with E-state index in [9.17, 15) is 10.2 Å². The quantitative estimate of drug-likeness (QED) is 0.657. The van der Waals surface area contributed by atoms with E-state index >= 15 is 0 Å². The van der Waals surface area contributed by atoms with Crippen LogP contribution >= 0.6 is 0 Å². The van der Waals surface area contributed by atoms with Gasteiger partial charge in [0.15, 0.2) is 0 Å². The molecule has 0 fully saturated rings. The summed E-state index contributed by atoms with van der Waals surface area (Å²) in [5.41, 5.74) is -0.545. The molecule has 0 saturated carbocycles. The minimum atomic E-state index is -0.545. The molecule has 2 N–H and O–H groups in total. The Morgan fingerprint density at radius 1 is 1.15 bits per heavy atom. The zero-order chi connectivity index (χ0) is 9.61. The first kappa shape index (κ1) is 17.0. The summed E-state index contributed by atoms with van der Waals surface area (Å²) in [7, 11) is 0. The number of rotatable bonds is 6. The molecule has 0 spiro atoms. The van der Waals surface area contributed by atoms with Crippen LogP contribution in [0.4, 0.5) is 0 Å². The Morgan fingerprint density at radius 3 is 1.92 bits per heavy atom. The van der Waals surface area contributed by atoms with Gasteiger partial charge in [-0.15, -0.1) is 0 Å². The second kappa shape index (κ2) is 8.83. The van der Waals surface area contributed by atoms with Crippen molar-refractivity contribution in [3.05, 3.63) is 0 Å². The van der Waals surface area contributed by atoms with Crippen molar-refractivity contribution in [2.24, 2.45) is 0 Å². The summed E-state index contributed by atoms with van der Waals surface area (Å²) in [6, 6.07) is 0. The average molecular weight is 214 g/mol. The monoisotopic (exact) mass is 214 g/mol. The zero-order valence-electron chi connectivity index (χ0n) is 8.51. The molecule has 0 heterocycles. The minimum absolute atomic E-state index is 0. The number of aliphatic hydroxyl groups is 2. The molecule has 0 aliphatic rings. The third kappa shape index (κ3) is 7.48. The fourth-order valence-corrected chi connectivity index (χ4v) is 1.24. The summed E-state index contributed by atoms with van der Waals surface area (Å²) >= 11 is 0. The van der Waals surface area contributed by atoms with E-state index in [4.69, 9.17) is 0 Å². The molecule has 3 heteroatoms. The van der Waals surface area contributed by atoms with Crippen molar-refractivity contribution in [1.82, 2.24) is 0 Å². The number of hydrogen-bond acceptors (Lipinski definition) is 2. The van der Waals surface area contributed by atoms with Crippen LogP contribution in [0, 0.1) is 0 Å². The SMILES string of the molecule is CCC(O)CCC(O)(CC)CC.[KH]. The molecule has 0 aliphatic carbocycles. The van der Waals surface area contributed by atoms with E-state index in [1.807, 2.05) is 20.8 Å². The van der Waals surface area contributed by atoms with Gasteiger partial charge in [0.05, 0.1) is 11.7 Å². The molecule has 1 atom stereocenters. The zero-order valence-corrected chi connectivity index (χ0v) is 8.51. The van der Waals surface area contributed by atoms with Crippen LogP contribution in [-0.2, 0) is 0 Å². The van der Waals surface area contributed by atoms with E-state index in [-0.39, 0.29) is 57.5 Å². The van der Waals surface area contributed by atoms with Crippen LogP contribution in [0.1, 0.15) is 52.9 Å². The predicted molar refractivity (Wildman–Crippen MR) is 58.2 cm³/mol. The van der Waals surface area contributed by atoms with E-state index in [0.717, 1.165) is 25.7 Å². The van der Waals surface area contributed by atoms with E-state index < -0.39 is 5.60 Å². The first-order valence-electron chi connectivity index (χ1n) is 4.98. The van der Waals surface area contributed by atoms with Gasteiger partial charge in [0, 0.05) is 0 Å². The van der Waals surface area contributed by atoms with Gasteiger partial charge in [0.2, 0.25) is 0 Å². The molecule has 1 unspecified atom stereocenters. The van der Waals surface area contributed by atoms with Crippen molar-refractivity contribution in [3.63, 3.8) is 0 Å². The molecule has 13 heavy (non-hydrogen) atoms. The van der Waals surface area contributed by atoms with Gasteiger partial charge >= 0.3 is 51.4 Å². The fraction of sp³-hybridized carbons (Fsp3) is 1.00. The fourth-order valence-electron chi connectivity index (χ4n) is 1.24. The van der Waals surface area contributed by atoms with Gasteiger partial charge in [-0.3, -0.25) is 0 Å². The van der Waals surface area contributed by atoms with Crippen LogP contribution in [0.3, 0.4) is 0 Å². The molecule has 0 radical (unpaired) electrons. The van der Waals surface area contributed by atoms with Crippen LogP contribution in [0.25, 0.3) is 0 Å². The van der Waals surface area contributed by atoms with Crippen LogP contribution in [0.2, 0.25) is 0 Å². The van der Waals surface area contributed by atoms with E-state index in [1.165, 1.54) is 0 Å². The third-order valence-corrected chi connectivity index (χ3v) is 2.73. The van der Waals surface area contributed by atoms with Gasteiger partial charge in [-0.25, -0.2) is 0 Å². The molecule has 0 bridgehead atoms. The molecular formula is C10H23KO2. The molecule has 0 aromatic carbocycles. The molecule has 0 rings (SSSR count). The number of aliphatic hydroxyl groups excluding tert-OH is 1. The normalized spacial score (nSPS) is 13.6. The summed E-state index contributed by atoms with van der Waals surface area (Å²) in [4.78, 5) is 0. The number of hydrogen-bond donors (Lipinski definition) is 2. The predicted octanol–water partition coefficient (Wildman–Crippen LogP) is 1.44. The molecule has 76 valence electrons. The average Bonchev–Trinajstić information content (AvgIpc) is 2.13. The molecule has 0 aromatic heterocycles. The van der Waals surface area contributed by atoms with Crippen molar-refractivity contribution < 1.29 is 10.2 Å². The maximum atomic E-state index is 9.86. The Bertz CT molecular complexity index is 113. The van der Waals surface area contributed by atoms with Gasteiger partial charge in [0.25, 0.3) is 0 Å². The van der Waals surface area contributed by atoms with Gasteiger partial charge in [0.1, 0.15) is 0 Å². The molecule has 0 aromatic rings. The summed E-state index contributed by atoms with van der Waals surface area (Å²) < 4.78 is 0. The topological polar surface area (TPSA) is 40.5 Å².